The predicted molar refractivity (Wildman–Crippen MR) is 155 cm³/mol. The van der Waals surface area contributed by atoms with Crippen molar-refractivity contribution >= 4 is 28.7 Å². The number of H-pyrrole nitrogens is 1. The van der Waals surface area contributed by atoms with Gasteiger partial charge in [0, 0.05) is 29.1 Å². The molecule has 0 saturated heterocycles. The van der Waals surface area contributed by atoms with Gasteiger partial charge < -0.3 is 35.0 Å². The van der Waals surface area contributed by atoms with Crippen LogP contribution in [-0.4, -0.2) is 57.2 Å². The zero-order chi connectivity index (χ0) is 30.6. The molecular formula is C31H36N4O7. The van der Waals surface area contributed by atoms with Gasteiger partial charge in [-0.05, 0) is 35.6 Å². The number of methoxy groups -OCH3 is 1. The summed E-state index contributed by atoms with van der Waals surface area (Å²) < 4.78 is 11.1. The number of esters is 1. The van der Waals surface area contributed by atoms with Crippen LogP contribution in [0.1, 0.15) is 55.7 Å². The number of fused-ring (bicyclic) bond motifs is 1. The molecule has 0 bridgehead atoms. The number of hydrogen-bond acceptors (Lipinski definition) is 8. The van der Waals surface area contributed by atoms with Crippen molar-refractivity contribution < 1.29 is 33.8 Å². The number of ether oxygens (including phenoxy) is 1. The van der Waals surface area contributed by atoms with Crippen LogP contribution in [-0.2, 0) is 20.7 Å². The normalized spacial score (nSPS) is 13.6. The molecule has 0 unspecified atom stereocenters. The predicted octanol–water partition coefficient (Wildman–Crippen LogP) is 3.87. The van der Waals surface area contributed by atoms with Gasteiger partial charge >= 0.3 is 5.97 Å². The molecule has 42 heavy (non-hydrogen) atoms. The van der Waals surface area contributed by atoms with Gasteiger partial charge in [0.15, 0.2) is 11.5 Å². The molecule has 2 aromatic heterocycles. The van der Waals surface area contributed by atoms with Gasteiger partial charge in [0.1, 0.15) is 23.9 Å². The van der Waals surface area contributed by atoms with Crippen LogP contribution >= 0.6 is 0 Å². The number of nitrogens with one attached hydrogen (secondary N) is 3. The molecule has 0 aliphatic carbocycles. The van der Waals surface area contributed by atoms with Gasteiger partial charge in [-0.1, -0.05) is 58.0 Å². The molecule has 5 N–H and O–H groups in total. The lowest BCUT2D eigenvalue weighted by Crippen LogP contribution is -2.52. The summed E-state index contributed by atoms with van der Waals surface area (Å²) in [4.78, 5) is 46.8. The number of aliphatic hydroxyl groups is 1. The molecule has 0 saturated carbocycles. The maximum atomic E-state index is 13.7. The van der Waals surface area contributed by atoms with Crippen molar-refractivity contribution in [2.45, 2.75) is 52.3 Å². The summed E-state index contributed by atoms with van der Waals surface area (Å²) in [7, 11) is 1.25. The summed E-state index contributed by atoms with van der Waals surface area (Å²) in [6.07, 6.45) is 0.495. The molecule has 0 spiro atoms. The Hall–Kier alpha value is -4.64. The number of aromatic nitrogens is 2. The van der Waals surface area contributed by atoms with Crippen LogP contribution in [0.5, 0.6) is 5.75 Å². The molecule has 2 heterocycles. The summed E-state index contributed by atoms with van der Waals surface area (Å²) in [5, 5.41) is 26.3. The first-order valence-corrected chi connectivity index (χ1v) is 13.7. The number of aliphatic hydroxyl groups excluding tert-OH is 1. The van der Waals surface area contributed by atoms with E-state index in [1.165, 1.54) is 19.2 Å². The highest BCUT2D eigenvalue weighted by Gasteiger charge is 2.33. The Kier molecular flexibility index (Phi) is 9.31. The second kappa shape index (κ2) is 12.9. The summed E-state index contributed by atoms with van der Waals surface area (Å²) in [5.41, 5.74) is 2.09. The third-order valence-corrected chi connectivity index (χ3v) is 7.00. The van der Waals surface area contributed by atoms with E-state index in [0.29, 0.717) is 11.1 Å². The molecule has 0 fully saturated rings. The number of hydrogen-bond donors (Lipinski definition) is 5. The molecule has 0 aliphatic heterocycles. The number of rotatable bonds is 11. The number of para-hydroxylation sites is 1. The second-order valence-electron chi connectivity index (χ2n) is 10.8. The topological polar surface area (TPSA) is 167 Å². The van der Waals surface area contributed by atoms with Crippen LogP contribution in [0.25, 0.3) is 22.2 Å². The highest BCUT2D eigenvalue weighted by molar-refractivity contribution is 6.01. The lowest BCUT2D eigenvalue weighted by Gasteiger charge is -2.25. The monoisotopic (exact) mass is 576 g/mol. The van der Waals surface area contributed by atoms with Crippen molar-refractivity contribution in [1.82, 2.24) is 20.6 Å². The summed E-state index contributed by atoms with van der Waals surface area (Å²) in [6, 6.07) is 11.9. The van der Waals surface area contributed by atoms with Gasteiger partial charge in [-0.15, -0.1) is 0 Å². The molecule has 2 aromatic carbocycles. The Morgan fingerprint density at radius 2 is 1.67 bits per heavy atom. The number of nitrogens with zero attached hydrogens (tertiary/aromatic N) is 1. The molecular weight excluding hydrogens is 540 g/mol. The average Bonchev–Trinajstić information content (AvgIpc) is 3.60. The van der Waals surface area contributed by atoms with E-state index in [2.05, 4.69) is 20.6 Å². The first kappa shape index (κ1) is 30.3. The van der Waals surface area contributed by atoms with E-state index in [4.69, 9.17) is 9.15 Å². The molecule has 3 atom stereocenters. The van der Waals surface area contributed by atoms with Crippen LogP contribution in [0.3, 0.4) is 0 Å². The van der Waals surface area contributed by atoms with Gasteiger partial charge in [-0.25, -0.2) is 9.78 Å². The van der Waals surface area contributed by atoms with Gasteiger partial charge in [-0.3, -0.25) is 9.59 Å². The molecule has 4 aromatic rings. The summed E-state index contributed by atoms with van der Waals surface area (Å²) in [6.45, 7) is 7.10. The molecule has 4 rings (SSSR count). The fourth-order valence-electron chi connectivity index (χ4n) is 4.55. The van der Waals surface area contributed by atoms with Crippen LogP contribution in [0.4, 0.5) is 0 Å². The Bertz CT molecular complexity index is 1560. The highest BCUT2D eigenvalue weighted by atomic mass is 16.5. The maximum Gasteiger partial charge on any atom is 0.360 e. The maximum absolute atomic E-state index is 13.7. The second-order valence-corrected chi connectivity index (χ2v) is 10.8. The number of benzene rings is 2. The Balaban J connectivity index is 1.68. The van der Waals surface area contributed by atoms with Gasteiger partial charge in [-0.2, -0.15) is 0 Å². The molecule has 0 aliphatic rings. The number of oxazole rings is 1. The molecule has 0 radical (unpaired) electrons. The SMILES string of the molecule is COC(=O)c1nc([C@@H](NC(=O)[C@H](Cc2ccc(O)cc2)NC(=O)[C@@H](O)C(C)C)C(C)C)oc1-c1c[nH]c2ccccc12. The Labute approximate surface area is 243 Å². The van der Waals surface area contributed by atoms with Crippen LogP contribution in [0.15, 0.2) is 59.1 Å². The lowest BCUT2D eigenvalue weighted by atomic mass is 10.0. The van der Waals surface area contributed by atoms with Gasteiger partial charge in [0.2, 0.25) is 17.7 Å². The number of carbonyl (C=O) groups excluding carboxylic acids is 3. The zero-order valence-electron chi connectivity index (χ0n) is 24.2. The molecule has 222 valence electrons. The van der Waals surface area contributed by atoms with Crippen molar-refractivity contribution in [3.8, 4) is 17.1 Å². The zero-order valence-corrected chi connectivity index (χ0v) is 24.2. The van der Waals surface area contributed by atoms with Gasteiger partial charge in [0.25, 0.3) is 0 Å². The summed E-state index contributed by atoms with van der Waals surface area (Å²) >= 11 is 0. The largest absolute Gasteiger partial charge is 0.508 e. The van der Waals surface area contributed by atoms with E-state index in [1.54, 1.807) is 32.2 Å². The third-order valence-electron chi connectivity index (χ3n) is 7.00. The molecule has 11 nitrogen and oxygen atoms in total. The average molecular weight is 577 g/mol. The number of amides is 2. The quantitative estimate of drug-likeness (QED) is 0.168. The number of aromatic amines is 1. The van der Waals surface area contributed by atoms with E-state index in [-0.39, 0.29) is 41.4 Å². The van der Waals surface area contributed by atoms with Crippen LogP contribution < -0.4 is 10.6 Å². The smallest absolute Gasteiger partial charge is 0.360 e. The Morgan fingerprint density at radius 3 is 2.31 bits per heavy atom. The minimum absolute atomic E-state index is 0.0360. The fraction of sp³-hybridized carbons (Fsp3) is 0.355. The first-order valence-electron chi connectivity index (χ1n) is 13.7. The van der Waals surface area contributed by atoms with E-state index in [9.17, 15) is 24.6 Å². The minimum atomic E-state index is -1.31. The van der Waals surface area contributed by atoms with Crippen molar-refractivity contribution in [1.29, 1.82) is 0 Å². The van der Waals surface area contributed by atoms with E-state index in [0.717, 1.165) is 10.9 Å². The molecule has 11 heteroatoms. The van der Waals surface area contributed by atoms with Crippen molar-refractivity contribution in [2.24, 2.45) is 11.8 Å². The van der Waals surface area contributed by atoms with Crippen LogP contribution in [0.2, 0.25) is 0 Å². The minimum Gasteiger partial charge on any atom is -0.508 e. The number of aromatic hydroxyl groups is 1. The summed E-state index contributed by atoms with van der Waals surface area (Å²) in [5.74, 6) is -2.17. The number of phenolic OH excluding ortho intramolecular Hbond substituents is 1. The van der Waals surface area contributed by atoms with E-state index in [1.807, 2.05) is 38.1 Å². The number of carbonyl (C=O) groups is 3. The van der Waals surface area contributed by atoms with E-state index < -0.39 is 36.0 Å². The molecule has 2 amide bonds. The van der Waals surface area contributed by atoms with E-state index >= 15 is 0 Å². The lowest BCUT2D eigenvalue weighted by molar-refractivity contribution is -0.135. The van der Waals surface area contributed by atoms with Crippen molar-refractivity contribution in [2.75, 3.05) is 7.11 Å². The number of phenols is 1. The fourth-order valence-corrected chi connectivity index (χ4v) is 4.55. The first-order chi connectivity index (χ1) is 20.0. The van der Waals surface area contributed by atoms with Crippen LogP contribution in [0, 0.1) is 11.8 Å². The highest BCUT2D eigenvalue weighted by Crippen LogP contribution is 2.35. The standard InChI is InChI=1S/C31H36N4O7/c1-16(2)24(30-35-25(31(40)41-5)27(42-30)21-15-32-22-9-7-6-8-20(21)22)34-28(38)23(33-29(39)26(37)17(3)4)14-18-10-12-19(36)13-11-18/h6-13,15-17,23-24,26,32,36-37H,14H2,1-5H3,(H,33,39)(H,34,38)/t23-,24-,26-/m0/s1. The van der Waals surface area contributed by atoms with Gasteiger partial charge in [0.05, 0.1) is 7.11 Å². The van der Waals surface area contributed by atoms with Crippen molar-refractivity contribution in [3.63, 3.8) is 0 Å². The Morgan fingerprint density at radius 1 is 0.976 bits per heavy atom. The van der Waals surface area contributed by atoms with Crippen molar-refractivity contribution in [3.05, 3.63) is 71.9 Å². The third kappa shape index (κ3) is 6.63.